The summed E-state index contributed by atoms with van der Waals surface area (Å²) in [6.07, 6.45) is -0.246. The van der Waals surface area contributed by atoms with Crippen LogP contribution in [0.4, 0.5) is 13.6 Å². The molecule has 1 N–H and O–H groups in total. The number of hydrogen-bond acceptors (Lipinski definition) is 5. The van der Waals surface area contributed by atoms with E-state index in [1.165, 1.54) is 18.2 Å². The molecule has 1 aliphatic heterocycles. The minimum Gasteiger partial charge on any atom is -0.323 e. The SMILES string of the molecule is CS(=O)(=O)c1ccccc1-c1ccc(C(=O)CN2C(=O)NC3(CCC(F)(F)CC3)C2=O)cc1. The molecule has 2 aromatic rings. The van der Waals surface area contributed by atoms with Crippen molar-refractivity contribution in [2.45, 2.75) is 42.0 Å². The predicted octanol–water partition coefficient (Wildman–Crippen LogP) is 3.44. The van der Waals surface area contributed by atoms with Crippen molar-refractivity contribution in [3.63, 3.8) is 0 Å². The van der Waals surface area contributed by atoms with Crippen molar-refractivity contribution in [1.29, 1.82) is 0 Å². The maximum atomic E-state index is 13.5. The van der Waals surface area contributed by atoms with Gasteiger partial charge in [0.05, 0.1) is 11.4 Å². The number of nitrogens with one attached hydrogen (secondary N) is 1. The van der Waals surface area contributed by atoms with E-state index in [2.05, 4.69) is 5.32 Å². The van der Waals surface area contributed by atoms with Gasteiger partial charge in [0.25, 0.3) is 5.91 Å². The zero-order valence-corrected chi connectivity index (χ0v) is 18.6. The lowest BCUT2D eigenvalue weighted by Crippen LogP contribution is -2.51. The van der Waals surface area contributed by atoms with Gasteiger partial charge in [-0.1, -0.05) is 42.5 Å². The molecule has 4 rings (SSSR count). The van der Waals surface area contributed by atoms with Crippen LogP contribution < -0.4 is 5.32 Å². The van der Waals surface area contributed by atoms with Crippen LogP contribution >= 0.6 is 0 Å². The molecule has 1 saturated carbocycles. The van der Waals surface area contributed by atoms with Gasteiger partial charge in [-0.25, -0.2) is 22.0 Å². The van der Waals surface area contributed by atoms with Crippen molar-refractivity contribution in [2.75, 3.05) is 12.8 Å². The number of benzene rings is 2. The van der Waals surface area contributed by atoms with Crippen molar-refractivity contribution >= 4 is 27.6 Å². The van der Waals surface area contributed by atoms with Crippen LogP contribution in [0, 0.1) is 0 Å². The number of imide groups is 1. The van der Waals surface area contributed by atoms with Gasteiger partial charge in [-0.15, -0.1) is 0 Å². The highest BCUT2D eigenvalue weighted by Gasteiger charge is 2.55. The second-order valence-electron chi connectivity index (χ2n) is 8.53. The van der Waals surface area contributed by atoms with E-state index in [1.54, 1.807) is 30.3 Å². The third kappa shape index (κ3) is 4.39. The zero-order valence-electron chi connectivity index (χ0n) is 17.8. The molecule has 1 heterocycles. The summed E-state index contributed by atoms with van der Waals surface area (Å²) < 4.78 is 51.1. The second-order valence-corrected chi connectivity index (χ2v) is 10.5. The minimum atomic E-state index is -3.46. The molecular weight excluding hydrogens is 454 g/mol. The lowest BCUT2D eigenvalue weighted by Gasteiger charge is -2.34. The number of alkyl halides is 2. The molecule has 1 aliphatic carbocycles. The number of Topliss-reactive ketones (excluding diaryl/α,β-unsaturated/α-hetero) is 1. The predicted molar refractivity (Wildman–Crippen MR) is 116 cm³/mol. The van der Waals surface area contributed by atoms with Gasteiger partial charge in [-0.05, 0) is 24.5 Å². The largest absolute Gasteiger partial charge is 0.325 e. The summed E-state index contributed by atoms with van der Waals surface area (Å²) in [5.41, 5.74) is -0.0701. The average molecular weight is 477 g/mol. The van der Waals surface area contributed by atoms with Crippen molar-refractivity contribution in [2.24, 2.45) is 0 Å². The third-order valence-corrected chi connectivity index (χ3v) is 7.34. The maximum absolute atomic E-state index is 13.5. The number of ketones is 1. The highest BCUT2D eigenvalue weighted by atomic mass is 32.2. The smallest absolute Gasteiger partial charge is 0.323 e. The monoisotopic (exact) mass is 476 g/mol. The van der Waals surface area contributed by atoms with E-state index in [-0.39, 0.29) is 23.3 Å². The van der Waals surface area contributed by atoms with Gasteiger partial charge in [0.2, 0.25) is 5.92 Å². The number of sulfone groups is 1. The summed E-state index contributed by atoms with van der Waals surface area (Å²) >= 11 is 0. The summed E-state index contributed by atoms with van der Waals surface area (Å²) in [5.74, 6) is -4.02. The number of rotatable bonds is 5. The van der Waals surface area contributed by atoms with Gasteiger partial charge >= 0.3 is 6.03 Å². The summed E-state index contributed by atoms with van der Waals surface area (Å²) in [7, 11) is -3.46. The number of nitrogens with zero attached hydrogens (tertiary/aromatic N) is 1. The molecule has 0 radical (unpaired) electrons. The van der Waals surface area contributed by atoms with Crippen molar-refractivity contribution < 1.29 is 31.6 Å². The summed E-state index contributed by atoms with van der Waals surface area (Å²) in [5, 5.41) is 2.51. The number of carbonyl (C=O) groups excluding carboxylic acids is 3. The highest BCUT2D eigenvalue weighted by Crippen LogP contribution is 2.41. The number of urea groups is 1. The number of amides is 3. The van der Waals surface area contributed by atoms with Crippen molar-refractivity contribution in [3.8, 4) is 11.1 Å². The zero-order chi connectivity index (χ0) is 24.0. The molecule has 0 aromatic heterocycles. The first kappa shape index (κ1) is 23.0. The summed E-state index contributed by atoms with van der Waals surface area (Å²) in [4.78, 5) is 38.9. The van der Waals surface area contributed by atoms with E-state index in [4.69, 9.17) is 0 Å². The topological polar surface area (TPSA) is 101 Å². The Balaban J connectivity index is 1.50. The van der Waals surface area contributed by atoms with Crippen LogP contribution in [-0.4, -0.2) is 55.3 Å². The highest BCUT2D eigenvalue weighted by molar-refractivity contribution is 7.90. The van der Waals surface area contributed by atoms with E-state index in [0.717, 1.165) is 11.2 Å². The van der Waals surface area contributed by atoms with E-state index in [0.29, 0.717) is 11.1 Å². The van der Waals surface area contributed by atoms with Gasteiger partial charge in [0.15, 0.2) is 15.6 Å². The Labute approximate surface area is 189 Å². The van der Waals surface area contributed by atoms with E-state index < -0.39 is 58.4 Å². The Bertz CT molecular complexity index is 1230. The molecule has 33 heavy (non-hydrogen) atoms. The molecule has 174 valence electrons. The Morgan fingerprint density at radius 2 is 1.61 bits per heavy atom. The fourth-order valence-corrected chi connectivity index (χ4v) is 5.21. The molecule has 3 amide bonds. The van der Waals surface area contributed by atoms with Crippen LogP contribution in [0.15, 0.2) is 53.4 Å². The Hall–Kier alpha value is -3.14. The van der Waals surface area contributed by atoms with Crippen LogP contribution in [0.2, 0.25) is 0 Å². The quantitative estimate of drug-likeness (QED) is 0.526. The number of halogens is 2. The molecule has 0 unspecified atom stereocenters. The fraction of sp³-hybridized carbons (Fsp3) is 0.348. The second kappa shape index (κ2) is 8.02. The normalized spacial score (nSPS) is 19.5. The van der Waals surface area contributed by atoms with Crippen molar-refractivity contribution in [3.05, 3.63) is 54.1 Å². The molecule has 7 nitrogen and oxygen atoms in total. The molecule has 0 atom stereocenters. The Morgan fingerprint density at radius 3 is 2.21 bits per heavy atom. The third-order valence-electron chi connectivity index (χ3n) is 6.19. The average Bonchev–Trinajstić information content (AvgIpc) is 3.00. The van der Waals surface area contributed by atoms with E-state index in [9.17, 15) is 31.6 Å². The van der Waals surface area contributed by atoms with Crippen LogP contribution in [0.3, 0.4) is 0 Å². The number of carbonyl (C=O) groups is 3. The molecule has 2 aliphatic rings. The van der Waals surface area contributed by atoms with E-state index in [1.807, 2.05) is 0 Å². The molecule has 10 heteroatoms. The summed E-state index contributed by atoms with van der Waals surface area (Å²) in [6.45, 7) is -0.512. The van der Waals surface area contributed by atoms with Gasteiger partial charge in [-0.3, -0.25) is 14.5 Å². The maximum Gasteiger partial charge on any atom is 0.325 e. The molecular formula is C23H22F2N2O5S. The Morgan fingerprint density at radius 1 is 1.00 bits per heavy atom. The Kier molecular flexibility index (Phi) is 5.60. The van der Waals surface area contributed by atoms with Gasteiger partial charge < -0.3 is 5.32 Å². The van der Waals surface area contributed by atoms with Gasteiger partial charge in [-0.2, -0.15) is 0 Å². The van der Waals surface area contributed by atoms with Crippen LogP contribution in [0.25, 0.3) is 11.1 Å². The minimum absolute atomic E-state index is 0.159. The number of hydrogen-bond donors (Lipinski definition) is 1. The fourth-order valence-electron chi connectivity index (χ4n) is 4.30. The first-order valence-corrected chi connectivity index (χ1v) is 12.3. The molecule has 1 saturated heterocycles. The first-order valence-electron chi connectivity index (χ1n) is 10.4. The van der Waals surface area contributed by atoms with Gasteiger partial charge in [0.1, 0.15) is 5.54 Å². The summed E-state index contributed by atoms with van der Waals surface area (Å²) in [6, 6.07) is 11.9. The van der Waals surface area contributed by atoms with Crippen LogP contribution in [-0.2, 0) is 14.6 Å². The lowest BCUT2D eigenvalue weighted by molar-refractivity contribution is -0.135. The molecule has 1 spiro atoms. The van der Waals surface area contributed by atoms with Gasteiger partial charge in [0, 0.05) is 30.2 Å². The molecule has 2 aromatic carbocycles. The van der Waals surface area contributed by atoms with Crippen molar-refractivity contribution in [1.82, 2.24) is 10.2 Å². The van der Waals surface area contributed by atoms with Crippen LogP contribution in [0.5, 0.6) is 0 Å². The molecule has 2 fully saturated rings. The first-order chi connectivity index (χ1) is 15.4. The van der Waals surface area contributed by atoms with Crippen LogP contribution in [0.1, 0.15) is 36.0 Å². The van der Waals surface area contributed by atoms with E-state index >= 15 is 0 Å². The lowest BCUT2D eigenvalue weighted by atomic mass is 9.80. The molecule has 0 bridgehead atoms. The standard InChI is InChI=1S/C23H22F2N2O5S/c1-33(31,32)19-5-3-2-4-17(19)15-6-8-16(9-7-15)18(28)14-27-20(29)22(26-21(27)30)10-12-23(24,25)13-11-22/h2-9H,10-14H2,1H3,(H,26,30).